The molecule has 3 nitrogen and oxygen atoms in total. The Balaban J connectivity index is 1.95. The van der Waals surface area contributed by atoms with Crippen LogP contribution in [0.1, 0.15) is 27.9 Å². The van der Waals surface area contributed by atoms with E-state index in [4.69, 9.17) is 4.74 Å². The first-order chi connectivity index (χ1) is 10.2. The number of aryl methyl sites for hydroxylation is 1. The Labute approximate surface area is 125 Å². The largest absolute Gasteiger partial charge is 0.493 e. The van der Waals surface area contributed by atoms with Gasteiger partial charge < -0.3 is 9.64 Å². The summed E-state index contributed by atoms with van der Waals surface area (Å²) in [5, 5.41) is 0. The Morgan fingerprint density at radius 1 is 1.10 bits per heavy atom. The number of carbonyl (C=O) groups is 1. The van der Waals surface area contributed by atoms with Crippen molar-refractivity contribution in [1.82, 2.24) is 0 Å². The minimum absolute atomic E-state index is 0.0269. The minimum atomic E-state index is 0.0269. The number of ketones is 1. The van der Waals surface area contributed by atoms with E-state index in [0.29, 0.717) is 17.7 Å². The standard InChI is InChI=1S/C18H19NO2/c1-19(2)15-10-8-13(9-11-15)17(20)16-7-3-5-14-6-4-12-21-18(14)16/h3,5,7-11H,4,6,12H2,1-2H3. The highest BCUT2D eigenvalue weighted by atomic mass is 16.5. The first kappa shape index (κ1) is 13.7. The normalized spacial score (nSPS) is 13.2. The van der Waals surface area contributed by atoms with Crippen molar-refractivity contribution in [2.75, 3.05) is 25.6 Å². The lowest BCUT2D eigenvalue weighted by Crippen LogP contribution is -2.13. The predicted octanol–water partition coefficient (Wildman–Crippen LogP) is 3.31. The van der Waals surface area contributed by atoms with E-state index in [1.807, 2.05) is 61.5 Å². The second kappa shape index (κ2) is 5.60. The number of rotatable bonds is 3. The molecule has 0 bridgehead atoms. The van der Waals surface area contributed by atoms with Gasteiger partial charge in [0.1, 0.15) is 5.75 Å². The van der Waals surface area contributed by atoms with Gasteiger partial charge >= 0.3 is 0 Å². The van der Waals surface area contributed by atoms with Crippen molar-refractivity contribution in [3.05, 3.63) is 59.2 Å². The monoisotopic (exact) mass is 281 g/mol. The lowest BCUT2D eigenvalue weighted by molar-refractivity contribution is 0.103. The first-order valence-corrected chi connectivity index (χ1v) is 7.23. The molecule has 0 spiro atoms. The van der Waals surface area contributed by atoms with Crippen molar-refractivity contribution in [2.24, 2.45) is 0 Å². The van der Waals surface area contributed by atoms with E-state index in [1.54, 1.807) is 0 Å². The highest BCUT2D eigenvalue weighted by Crippen LogP contribution is 2.30. The summed E-state index contributed by atoms with van der Waals surface area (Å²) in [5.74, 6) is 0.796. The molecule has 3 heteroatoms. The fourth-order valence-corrected chi connectivity index (χ4v) is 2.63. The van der Waals surface area contributed by atoms with Crippen molar-refractivity contribution in [3.63, 3.8) is 0 Å². The molecule has 1 heterocycles. The maximum absolute atomic E-state index is 12.7. The average molecular weight is 281 g/mol. The van der Waals surface area contributed by atoms with E-state index in [0.717, 1.165) is 29.8 Å². The van der Waals surface area contributed by atoms with Crippen LogP contribution in [0.2, 0.25) is 0 Å². The smallest absolute Gasteiger partial charge is 0.196 e. The van der Waals surface area contributed by atoms with Gasteiger partial charge in [0.2, 0.25) is 0 Å². The summed E-state index contributed by atoms with van der Waals surface area (Å²) in [7, 11) is 3.97. The number of ether oxygens (including phenoxy) is 1. The second-order valence-electron chi connectivity index (χ2n) is 5.52. The zero-order valence-electron chi connectivity index (χ0n) is 12.4. The van der Waals surface area contributed by atoms with Gasteiger partial charge in [0.05, 0.1) is 12.2 Å². The van der Waals surface area contributed by atoms with Crippen molar-refractivity contribution in [1.29, 1.82) is 0 Å². The lowest BCUT2D eigenvalue weighted by atomic mass is 9.96. The SMILES string of the molecule is CN(C)c1ccc(C(=O)c2cccc3c2OCCC3)cc1. The summed E-state index contributed by atoms with van der Waals surface area (Å²) in [5.41, 5.74) is 3.59. The molecule has 0 saturated heterocycles. The minimum Gasteiger partial charge on any atom is -0.493 e. The molecule has 1 aliphatic rings. The third kappa shape index (κ3) is 2.64. The zero-order chi connectivity index (χ0) is 14.8. The third-order valence-electron chi connectivity index (χ3n) is 3.82. The summed E-state index contributed by atoms with van der Waals surface area (Å²) >= 11 is 0. The number of hydrogen-bond acceptors (Lipinski definition) is 3. The van der Waals surface area contributed by atoms with E-state index in [1.165, 1.54) is 0 Å². The van der Waals surface area contributed by atoms with Crippen LogP contribution in [0.25, 0.3) is 0 Å². The molecule has 0 unspecified atom stereocenters. The van der Waals surface area contributed by atoms with Gasteiger partial charge in [-0.1, -0.05) is 12.1 Å². The van der Waals surface area contributed by atoms with E-state index in [2.05, 4.69) is 0 Å². The Bertz CT molecular complexity index is 659. The van der Waals surface area contributed by atoms with Crippen LogP contribution in [0.15, 0.2) is 42.5 Å². The number of benzene rings is 2. The third-order valence-corrected chi connectivity index (χ3v) is 3.82. The quantitative estimate of drug-likeness (QED) is 0.808. The van der Waals surface area contributed by atoms with Crippen LogP contribution in [-0.2, 0) is 6.42 Å². The topological polar surface area (TPSA) is 29.5 Å². The molecule has 0 aromatic heterocycles. The number of nitrogens with zero attached hydrogens (tertiary/aromatic N) is 1. The Hall–Kier alpha value is -2.29. The number of anilines is 1. The molecule has 0 amide bonds. The van der Waals surface area contributed by atoms with Gasteiger partial charge in [0.25, 0.3) is 0 Å². The summed E-state index contributed by atoms with van der Waals surface area (Å²) in [4.78, 5) is 14.7. The first-order valence-electron chi connectivity index (χ1n) is 7.23. The van der Waals surface area contributed by atoms with E-state index in [9.17, 15) is 4.79 Å². The van der Waals surface area contributed by atoms with Crippen LogP contribution < -0.4 is 9.64 Å². The van der Waals surface area contributed by atoms with Crippen molar-refractivity contribution < 1.29 is 9.53 Å². The van der Waals surface area contributed by atoms with Gasteiger partial charge in [-0.05, 0) is 48.7 Å². The lowest BCUT2D eigenvalue weighted by Gasteiger charge is -2.20. The number of carbonyl (C=O) groups excluding carboxylic acids is 1. The summed E-state index contributed by atoms with van der Waals surface area (Å²) in [6.07, 6.45) is 2.00. The Morgan fingerprint density at radius 2 is 1.86 bits per heavy atom. The maximum atomic E-state index is 12.7. The van der Waals surface area contributed by atoms with Crippen LogP contribution in [0.4, 0.5) is 5.69 Å². The van der Waals surface area contributed by atoms with Gasteiger partial charge in [-0.25, -0.2) is 0 Å². The molecule has 3 rings (SSSR count). The molecule has 2 aromatic carbocycles. The van der Waals surface area contributed by atoms with E-state index < -0.39 is 0 Å². The fraction of sp³-hybridized carbons (Fsp3) is 0.278. The maximum Gasteiger partial charge on any atom is 0.196 e. The van der Waals surface area contributed by atoms with E-state index >= 15 is 0 Å². The van der Waals surface area contributed by atoms with Gasteiger partial charge in [-0.15, -0.1) is 0 Å². The molecular formula is C18H19NO2. The van der Waals surface area contributed by atoms with Gasteiger partial charge in [0.15, 0.2) is 5.78 Å². The summed E-state index contributed by atoms with van der Waals surface area (Å²) < 4.78 is 5.73. The van der Waals surface area contributed by atoms with Crippen LogP contribution in [0, 0.1) is 0 Å². The molecule has 0 aliphatic carbocycles. The Morgan fingerprint density at radius 3 is 2.57 bits per heavy atom. The van der Waals surface area contributed by atoms with Crippen molar-refractivity contribution >= 4 is 11.5 Å². The molecule has 108 valence electrons. The molecule has 0 fully saturated rings. The van der Waals surface area contributed by atoms with Crippen LogP contribution in [-0.4, -0.2) is 26.5 Å². The van der Waals surface area contributed by atoms with Gasteiger partial charge in [-0.3, -0.25) is 4.79 Å². The predicted molar refractivity (Wildman–Crippen MR) is 84.5 cm³/mol. The number of fused-ring (bicyclic) bond motifs is 1. The molecule has 0 atom stereocenters. The fourth-order valence-electron chi connectivity index (χ4n) is 2.63. The molecule has 21 heavy (non-hydrogen) atoms. The van der Waals surface area contributed by atoms with Crippen LogP contribution in [0.3, 0.4) is 0 Å². The van der Waals surface area contributed by atoms with Crippen molar-refractivity contribution in [3.8, 4) is 5.75 Å². The average Bonchev–Trinajstić information content (AvgIpc) is 2.53. The highest BCUT2D eigenvalue weighted by molar-refractivity contribution is 6.11. The van der Waals surface area contributed by atoms with Gasteiger partial charge in [-0.2, -0.15) is 0 Å². The molecular weight excluding hydrogens is 262 g/mol. The van der Waals surface area contributed by atoms with Crippen LogP contribution >= 0.6 is 0 Å². The number of hydrogen-bond donors (Lipinski definition) is 0. The van der Waals surface area contributed by atoms with Gasteiger partial charge in [0, 0.05) is 25.3 Å². The summed E-state index contributed by atoms with van der Waals surface area (Å²) in [6, 6.07) is 13.5. The van der Waals surface area contributed by atoms with Crippen LogP contribution in [0.5, 0.6) is 5.75 Å². The zero-order valence-corrected chi connectivity index (χ0v) is 12.4. The van der Waals surface area contributed by atoms with Crippen molar-refractivity contribution in [2.45, 2.75) is 12.8 Å². The molecule has 2 aromatic rings. The highest BCUT2D eigenvalue weighted by Gasteiger charge is 2.20. The second-order valence-corrected chi connectivity index (χ2v) is 5.52. The molecule has 0 N–H and O–H groups in total. The number of para-hydroxylation sites is 1. The molecule has 0 radical (unpaired) electrons. The molecule has 1 aliphatic heterocycles. The Kier molecular flexibility index (Phi) is 3.65. The molecule has 0 saturated carbocycles. The van der Waals surface area contributed by atoms with E-state index in [-0.39, 0.29) is 5.78 Å². The summed E-state index contributed by atoms with van der Waals surface area (Å²) in [6.45, 7) is 0.691.